The molecule has 16 heavy (non-hydrogen) atoms. The smallest absolute Gasteiger partial charge is 0.335 e. The Morgan fingerprint density at radius 3 is 2.50 bits per heavy atom. The fourth-order valence-corrected chi connectivity index (χ4v) is 1.50. The third-order valence-electron chi connectivity index (χ3n) is 2.39. The van der Waals surface area contributed by atoms with Crippen LogP contribution in [0.15, 0.2) is 18.2 Å². The van der Waals surface area contributed by atoms with Crippen molar-refractivity contribution >= 4 is 11.9 Å². The number of carboxylic acids is 2. The zero-order valence-corrected chi connectivity index (χ0v) is 9.06. The SMILES string of the molecule is Cc1ccc(CCCC(=O)O)cc1C(=O)O. The second-order valence-corrected chi connectivity index (χ2v) is 3.70. The fourth-order valence-electron chi connectivity index (χ4n) is 1.50. The minimum absolute atomic E-state index is 0.107. The van der Waals surface area contributed by atoms with Gasteiger partial charge in [-0.3, -0.25) is 4.79 Å². The molecular formula is C12H14O4. The van der Waals surface area contributed by atoms with E-state index in [1.807, 2.05) is 6.07 Å². The first kappa shape index (κ1) is 12.2. The van der Waals surface area contributed by atoms with Crippen LogP contribution in [0.4, 0.5) is 0 Å². The second-order valence-electron chi connectivity index (χ2n) is 3.70. The van der Waals surface area contributed by atoms with Gasteiger partial charge in [0, 0.05) is 6.42 Å². The molecule has 0 aliphatic rings. The molecule has 0 unspecified atom stereocenters. The molecular weight excluding hydrogens is 208 g/mol. The van der Waals surface area contributed by atoms with Gasteiger partial charge in [0.15, 0.2) is 0 Å². The number of hydrogen-bond acceptors (Lipinski definition) is 2. The van der Waals surface area contributed by atoms with Crippen LogP contribution in [0.1, 0.15) is 34.3 Å². The summed E-state index contributed by atoms with van der Waals surface area (Å²) in [6, 6.07) is 5.20. The van der Waals surface area contributed by atoms with Crippen molar-refractivity contribution in [3.05, 3.63) is 34.9 Å². The molecule has 4 nitrogen and oxygen atoms in total. The molecule has 0 atom stereocenters. The van der Waals surface area contributed by atoms with Crippen molar-refractivity contribution in [2.45, 2.75) is 26.2 Å². The predicted octanol–water partition coefficient (Wildman–Crippen LogP) is 2.10. The zero-order chi connectivity index (χ0) is 12.1. The van der Waals surface area contributed by atoms with E-state index < -0.39 is 11.9 Å². The third kappa shape index (κ3) is 3.38. The highest BCUT2D eigenvalue weighted by Crippen LogP contribution is 2.13. The van der Waals surface area contributed by atoms with Gasteiger partial charge < -0.3 is 10.2 Å². The van der Waals surface area contributed by atoms with Crippen LogP contribution in [0.2, 0.25) is 0 Å². The molecule has 4 heteroatoms. The van der Waals surface area contributed by atoms with Crippen molar-refractivity contribution in [2.75, 3.05) is 0 Å². The number of benzene rings is 1. The van der Waals surface area contributed by atoms with Crippen LogP contribution >= 0.6 is 0 Å². The Morgan fingerprint density at radius 1 is 1.25 bits per heavy atom. The van der Waals surface area contributed by atoms with E-state index in [2.05, 4.69) is 0 Å². The van der Waals surface area contributed by atoms with Gasteiger partial charge in [0.2, 0.25) is 0 Å². The average Bonchev–Trinajstić information content (AvgIpc) is 2.19. The van der Waals surface area contributed by atoms with E-state index >= 15 is 0 Å². The molecule has 0 aliphatic carbocycles. The van der Waals surface area contributed by atoms with Gasteiger partial charge in [0.05, 0.1) is 5.56 Å². The van der Waals surface area contributed by atoms with Crippen LogP contribution in [0.3, 0.4) is 0 Å². The Labute approximate surface area is 93.5 Å². The molecule has 0 fully saturated rings. The standard InChI is InChI=1S/C12H14O4/c1-8-5-6-9(3-2-4-11(13)14)7-10(8)12(15)16/h5-7H,2-4H2,1H3,(H,13,14)(H,15,16). The molecule has 0 radical (unpaired) electrons. The zero-order valence-electron chi connectivity index (χ0n) is 9.06. The number of aliphatic carboxylic acids is 1. The van der Waals surface area contributed by atoms with Gasteiger partial charge in [0.1, 0.15) is 0 Å². The number of hydrogen-bond donors (Lipinski definition) is 2. The normalized spacial score (nSPS) is 10.1. The van der Waals surface area contributed by atoms with Crippen molar-refractivity contribution in [1.29, 1.82) is 0 Å². The van der Waals surface area contributed by atoms with E-state index in [1.54, 1.807) is 19.1 Å². The molecule has 0 saturated heterocycles. The fraction of sp³-hybridized carbons (Fsp3) is 0.333. The average molecular weight is 222 g/mol. The highest BCUT2D eigenvalue weighted by Gasteiger charge is 2.07. The van der Waals surface area contributed by atoms with Crippen LogP contribution in [-0.2, 0) is 11.2 Å². The molecule has 0 heterocycles. The third-order valence-corrected chi connectivity index (χ3v) is 2.39. The molecule has 86 valence electrons. The summed E-state index contributed by atoms with van der Waals surface area (Å²) in [7, 11) is 0. The van der Waals surface area contributed by atoms with Crippen LogP contribution in [0, 0.1) is 6.92 Å². The van der Waals surface area contributed by atoms with Gasteiger partial charge in [-0.1, -0.05) is 12.1 Å². The first-order chi connectivity index (χ1) is 7.50. The summed E-state index contributed by atoms with van der Waals surface area (Å²) in [5, 5.41) is 17.4. The number of rotatable bonds is 5. The molecule has 1 aromatic carbocycles. The van der Waals surface area contributed by atoms with Gasteiger partial charge in [-0.05, 0) is 37.0 Å². The lowest BCUT2D eigenvalue weighted by Gasteiger charge is -2.04. The van der Waals surface area contributed by atoms with Crippen molar-refractivity contribution in [3.63, 3.8) is 0 Å². The summed E-state index contributed by atoms with van der Waals surface area (Å²) in [6.45, 7) is 1.74. The number of aryl methyl sites for hydroxylation is 2. The highest BCUT2D eigenvalue weighted by atomic mass is 16.4. The van der Waals surface area contributed by atoms with Crippen molar-refractivity contribution in [1.82, 2.24) is 0 Å². The van der Waals surface area contributed by atoms with Crippen LogP contribution in [0.5, 0.6) is 0 Å². The Morgan fingerprint density at radius 2 is 1.94 bits per heavy atom. The lowest BCUT2D eigenvalue weighted by molar-refractivity contribution is -0.137. The van der Waals surface area contributed by atoms with Crippen molar-refractivity contribution < 1.29 is 19.8 Å². The first-order valence-electron chi connectivity index (χ1n) is 5.05. The van der Waals surface area contributed by atoms with Gasteiger partial charge in [0.25, 0.3) is 0 Å². The number of aromatic carboxylic acids is 1. The maximum atomic E-state index is 10.9. The second kappa shape index (κ2) is 5.30. The Balaban J connectivity index is 2.71. The molecule has 1 aromatic rings. The Hall–Kier alpha value is -1.84. The van der Waals surface area contributed by atoms with Gasteiger partial charge in [-0.2, -0.15) is 0 Å². The van der Waals surface area contributed by atoms with E-state index in [1.165, 1.54) is 0 Å². The summed E-state index contributed by atoms with van der Waals surface area (Å²) < 4.78 is 0. The van der Waals surface area contributed by atoms with Crippen molar-refractivity contribution in [3.8, 4) is 0 Å². The molecule has 0 spiro atoms. The van der Waals surface area contributed by atoms with E-state index in [0.717, 1.165) is 11.1 Å². The van der Waals surface area contributed by atoms with Gasteiger partial charge >= 0.3 is 11.9 Å². The van der Waals surface area contributed by atoms with Gasteiger partial charge in [-0.25, -0.2) is 4.79 Å². The first-order valence-corrected chi connectivity index (χ1v) is 5.05. The molecule has 0 bridgehead atoms. The maximum Gasteiger partial charge on any atom is 0.335 e. The maximum absolute atomic E-state index is 10.9. The summed E-state index contributed by atoms with van der Waals surface area (Å²) in [5.41, 5.74) is 1.87. The van der Waals surface area contributed by atoms with Gasteiger partial charge in [-0.15, -0.1) is 0 Å². The van der Waals surface area contributed by atoms with E-state index in [-0.39, 0.29) is 12.0 Å². The van der Waals surface area contributed by atoms with Crippen LogP contribution in [0.25, 0.3) is 0 Å². The predicted molar refractivity (Wildman–Crippen MR) is 58.7 cm³/mol. The number of carbonyl (C=O) groups is 2. The van der Waals surface area contributed by atoms with E-state index in [0.29, 0.717) is 12.8 Å². The summed E-state index contributed by atoms with van der Waals surface area (Å²) in [6.07, 6.45) is 1.22. The summed E-state index contributed by atoms with van der Waals surface area (Å²) >= 11 is 0. The molecule has 0 saturated carbocycles. The topological polar surface area (TPSA) is 74.6 Å². The largest absolute Gasteiger partial charge is 0.481 e. The molecule has 0 amide bonds. The summed E-state index contributed by atoms with van der Waals surface area (Å²) in [4.78, 5) is 21.2. The minimum Gasteiger partial charge on any atom is -0.481 e. The number of carboxylic acid groups (broad SMARTS) is 2. The van der Waals surface area contributed by atoms with E-state index in [9.17, 15) is 9.59 Å². The molecule has 0 aliphatic heterocycles. The van der Waals surface area contributed by atoms with Crippen LogP contribution < -0.4 is 0 Å². The highest BCUT2D eigenvalue weighted by molar-refractivity contribution is 5.89. The quantitative estimate of drug-likeness (QED) is 0.800. The van der Waals surface area contributed by atoms with Crippen LogP contribution in [-0.4, -0.2) is 22.2 Å². The molecule has 2 N–H and O–H groups in total. The Bertz CT molecular complexity index is 409. The lowest BCUT2D eigenvalue weighted by Crippen LogP contribution is -2.01. The van der Waals surface area contributed by atoms with E-state index in [4.69, 9.17) is 10.2 Å². The van der Waals surface area contributed by atoms with Crippen molar-refractivity contribution in [2.24, 2.45) is 0 Å². The molecule has 0 aromatic heterocycles. The molecule has 1 rings (SSSR count). The lowest BCUT2D eigenvalue weighted by atomic mass is 10.0. The Kier molecular flexibility index (Phi) is 4.05. The summed E-state index contributed by atoms with van der Waals surface area (Å²) in [5.74, 6) is -1.77. The minimum atomic E-state index is -0.947. The monoisotopic (exact) mass is 222 g/mol.